The Kier molecular flexibility index (Phi) is 7.55. The molecule has 3 atom stereocenters. The van der Waals surface area contributed by atoms with Gasteiger partial charge in [-0.1, -0.05) is 37.5 Å². The zero-order chi connectivity index (χ0) is 19.8. The highest BCUT2D eigenvalue weighted by Gasteiger charge is 2.28. The first kappa shape index (κ1) is 20.5. The number of urea groups is 1. The summed E-state index contributed by atoms with van der Waals surface area (Å²) in [6.07, 6.45) is 7.53. The fourth-order valence-corrected chi connectivity index (χ4v) is 4.47. The van der Waals surface area contributed by atoms with Gasteiger partial charge in [0, 0.05) is 18.2 Å². The lowest BCUT2D eigenvalue weighted by atomic mass is 9.85. The van der Waals surface area contributed by atoms with Crippen LogP contribution in [-0.4, -0.2) is 43.7 Å². The first-order chi connectivity index (χ1) is 13.7. The maximum Gasteiger partial charge on any atom is 0.315 e. The van der Waals surface area contributed by atoms with Gasteiger partial charge in [-0.3, -0.25) is 4.90 Å². The van der Waals surface area contributed by atoms with Gasteiger partial charge in [-0.05, 0) is 44.8 Å². The molecule has 1 aromatic rings. The average Bonchev–Trinajstić information content (AvgIpc) is 2.75. The summed E-state index contributed by atoms with van der Waals surface area (Å²) in [5.41, 5.74) is 1.11. The van der Waals surface area contributed by atoms with Gasteiger partial charge in [0.1, 0.15) is 5.75 Å². The minimum atomic E-state index is -0.177. The number of carbonyl (C=O) groups is 1. The number of hydrogen-bond donors (Lipinski definition) is 2. The molecule has 0 bridgehead atoms. The number of nitrogens with zero attached hydrogens (tertiary/aromatic N) is 2. The van der Waals surface area contributed by atoms with Crippen LogP contribution in [0, 0.1) is 17.2 Å². The monoisotopic (exact) mass is 384 g/mol. The standard InChI is InChI=1S/C22H32N4O2/c1-28-21-12-6-4-10-18(21)20(26-13-7-2-8-14-26)16-24-22(27)25-19-11-5-3-9-17(19)15-23/h4,6,10,12,17,19-20H,2-3,5,7-9,11,13-14,16H2,1H3,(H2,24,25,27). The van der Waals surface area contributed by atoms with Crippen molar-refractivity contribution in [3.05, 3.63) is 29.8 Å². The number of likely N-dealkylation sites (tertiary alicyclic amines) is 1. The van der Waals surface area contributed by atoms with Crippen molar-refractivity contribution in [3.8, 4) is 11.8 Å². The van der Waals surface area contributed by atoms with Gasteiger partial charge >= 0.3 is 6.03 Å². The normalized spacial score (nSPS) is 24.0. The van der Waals surface area contributed by atoms with Gasteiger partial charge in [0.2, 0.25) is 0 Å². The lowest BCUT2D eigenvalue weighted by Crippen LogP contribution is -2.49. The molecule has 1 aliphatic heterocycles. The zero-order valence-corrected chi connectivity index (χ0v) is 16.8. The molecule has 1 saturated carbocycles. The van der Waals surface area contributed by atoms with Crippen LogP contribution < -0.4 is 15.4 Å². The molecule has 1 saturated heterocycles. The molecule has 1 aliphatic carbocycles. The second-order valence-corrected chi connectivity index (χ2v) is 7.84. The van der Waals surface area contributed by atoms with Crippen molar-refractivity contribution in [2.24, 2.45) is 5.92 Å². The number of nitriles is 1. The van der Waals surface area contributed by atoms with E-state index in [0.717, 1.165) is 50.1 Å². The second kappa shape index (κ2) is 10.3. The van der Waals surface area contributed by atoms with Crippen LogP contribution in [0.15, 0.2) is 24.3 Å². The predicted octanol–water partition coefficient (Wildman–Crippen LogP) is 3.60. The highest BCUT2D eigenvalue weighted by Crippen LogP contribution is 2.31. The molecule has 3 rings (SSSR count). The van der Waals surface area contributed by atoms with Gasteiger partial charge in [0.25, 0.3) is 0 Å². The molecule has 3 unspecified atom stereocenters. The third-order valence-electron chi connectivity index (χ3n) is 6.03. The van der Waals surface area contributed by atoms with E-state index in [-0.39, 0.29) is 24.0 Å². The van der Waals surface area contributed by atoms with Crippen molar-refractivity contribution < 1.29 is 9.53 Å². The highest BCUT2D eigenvalue weighted by molar-refractivity contribution is 5.74. The van der Waals surface area contributed by atoms with E-state index >= 15 is 0 Å². The second-order valence-electron chi connectivity index (χ2n) is 7.84. The lowest BCUT2D eigenvalue weighted by Gasteiger charge is -2.36. The smallest absolute Gasteiger partial charge is 0.315 e. The Morgan fingerprint density at radius 3 is 2.71 bits per heavy atom. The van der Waals surface area contributed by atoms with Crippen molar-refractivity contribution in [3.63, 3.8) is 0 Å². The Balaban J connectivity index is 1.66. The van der Waals surface area contributed by atoms with E-state index in [1.807, 2.05) is 18.2 Å². The molecule has 0 aromatic heterocycles. The Morgan fingerprint density at radius 1 is 1.21 bits per heavy atom. The van der Waals surface area contributed by atoms with Crippen LogP contribution in [0.2, 0.25) is 0 Å². The molecule has 2 aliphatic rings. The Hall–Kier alpha value is -2.26. The van der Waals surface area contributed by atoms with E-state index in [1.165, 1.54) is 19.3 Å². The summed E-state index contributed by atoms with van der Waals surface area (Å²) in [5, 5.41) is 15.4. The number of methoxy groups -OCH3 is 1. The lowest BCUT2D eigenvalue weighted by molar-refractivity contribution is 0.157. The minimum absolute atomic E-state index is 0.0431. The number of carbonyl (C=O) groups excluding carboxylic acids is 1. The summed E-state index contributed by atoms with van der Waals surface area (Å²) >= 11 is 0. The number of piperidine rings is 1. The summed E-state index contributed by atoms with van der Waals surface area (Å²) in [4.78, 5) is 15.0. The topological polar surface area (TPSA) is 77.4 Å². The molecule has 1 heterocycles. The molecule has 0 spiro atoms. The SMILES string of the molecule is COc1ccccc1C(CNC(=O)NC1CCCCC1C#N)N1CCCCC1. The molecular weight excluding hydrogens is 352 g/mol. The first-order valence-electron chi connectivity index (χ1n) is 10.5. The fraction of sp³-hybridized carbons (Fsp3) is 0.636. The van der Waals surface area contributed by atoms with E-state index in [4.69, 9.17) is 4.74 Å². The predicted molar refractivity (Wildman–Crippen MR) is 109 cm³/mol. The third kappa shape index (κ3) is 5.17. The first-order valence-corrected chi connectivity index (χ1v) is 10.5. The van der Waals surface area contributed by atoms with Gasteiger partial charge in [0.15, 0.2) is 0 Å². The van der Waals surface area contributed by atoms with Crippen molar-refractivity contribution >= 4 is 6.03 Å². The molecule has 0 radical (unpaired) electrons. The Bertz CT molecular complexity index is 681. The molecular formula is C22H32N4O2. The highest BCUT2D eigenvalue weighted by atomic mass is 16.5. The number of nitrogens with one attached hydrogen (secondary N) is 2. The largest absolute Gasteiger partial charge is 0.496 e. The number of rotatable bonds is 6. The summed E-state index contributed by atoms with van der Waals surface area (Å²) in [6.45, 7) is 2.59. The van der Waals surface area contributed by atoms with E-state index in [9.17, 15) is 10.1 Å². The van der Waals surface area contributed by atoms with Gasteiger partial charge < -0.3 is 15.4 Å². The van der Waals surface area contributed by atoms with Gasteiger partial charge in [0.05, 0.1) is 25.1 Å². The van der Waals surface area contributed by atoms with Crippen molar-refractivity contribution in [2.45, 2.75) is 57.0 Å². The van der Waals surface area contributed by atoms with E-state index in [1.54, 1.807) is 7.11 Å². The van der Waals surface area contributed by atoms with E-state index < -0.39 is 0 Å². The molecule has 2 fully saturated rings. The van der Waals surface area contributed by atoms with Crippen LogP contribution in [0.4, 0.5) is 4.79 Å². The molecule has 152 valence electrons. The number of amides is 2. The van der Waals surface area contributed by atoms with Crippen molar-refractivity contribution in [2.75, 3.05) is 26.7 Å². The van der Waals surface area contributed by atoms with Crippen LogP contribution in [0.25, 0.3) is 0 Å². The third-order valence-corrected chi connectivity index (χ3v) is 6.03. The van der Waals surface area contributed by atoms with Crippen LogP contribution in [-0.2, 0) is 0 Å². The summed E-state index contributed by atoms with van der Waals surface area (Å²) in [5.74, 6) is 0.781. The molecule has 6 heteroatoms. The molecule has 28 heavy (non-hydrogen) atoms. The number of hydrogen-bond acceptors (Lipinski definition) is 4. The Labute approximate surface area is 168 Å². The van der Waals surface area contributed by atoms with Gasteiger partial charge in [-0.25, -0.2) is 4.79 Å². The van der Waals surface area contributed by atoms with Gasteiger partial charge in [-0.15, -0.1) is 0 Å². The van der Waals surface area contributed by atoms with Crippen molar-refractivity contribution in [1.29, 1.82) is 5.26 Å². The number of para-hydroxylation sites is 1. The van der Waals surface area contributed by atoms with Gasteiger partial charge in [-0.2, -0.15) is 5.26 Å². The Morgan fingerprint density at radius 2 is 1.96 bits per heavy atom. The van der Waals surface area contributed by atoms with Crippen LogP contribution in [0.5, 0.6) is 5.75 Å². The fourth-order valence-electron chi connectivity index (χ4n) is 4.47. The van der Waals surface area contributed by atoms with Crippen molar-refractivity contribution in [1.82, 2.24) is 15.5 Å². The minimum Gasteiger partial charge on any atom is -0.496 e. The molecule has 6 nitrogen and oxygen atoms in total. The maximum absolute atomic E-state index is 12.6. The van der Waals surface area contributed by atoms with Crippen LogP contribution in [0.3, 0.4) is 0 Å². The van der Waals surface area contributed by atoms with E-state index in [0.29, 0.717) is 6.54 Å². The molecule has 2 N–H and O–H groups in total. The average molecular weight is 385 g/mol. The molecule has 2 amide bonds. The van der Waals surface area contributed by atoms with E-state index in [2.05, 4.69) is 27.7 Å². The van der Waals surface area contributed by atoms with Crippen LogP contribution >= 0.6 is 0 Å². The number of benzene rings is 1. The molecule has 1 aromatic carbocycles. The van der Waals surface area contributed by atoms with Crippen LogP contribution in [0.1, 0.15) is 56.6 Å². The summed E-state index contributed by atoms with van der Waals surface area (Å²) in [6, 6.07) is 10.3. The maximum atomic E-state index is 12.6. The quantitative estimate of drug-likeness (QED) is 0.785. The number of ether oxygens (including phenoxy) is 1. The summed E-state index contributed by atoms with van der Waals surface area (Å²) in [7, 11) is 1.69. The zero-order valence-electron chi connectivity index (χ0n) is 16.8. The summed E-state index contributed by atoms with van der Waals surface area (Å²) < 4.78 is 5.58.